The summed E-state index contributed by atoms with van der Waals surface area (Å²) in [4.78, 5) is 10.2. The van der Waals surface area contributed by atoms with Crippen LogP contribution in [0.3, 0.4) is 0 Å². The van der Waals surface area contributed by atoms with E-state index in [0.717, 1.165) is 0 Å². The van der Waals surface area contributed by atoms with E-state index in [2.05, 4.69) is 0 Å². The molecule has 0 aliphatic rings. The van der Waals surface area contributed by atoms with Gasteiger partial charge < -0.3 is 14.6 Å². The Morgan fingerprint density at radius 2 is 2.20 bits per heavy atom. The minimum absolute atomic E-state index is 0.0562. The number of hydrogen-bond donors (Lipinski definition) is 0. The van der Waals surface area contributed by atoms with Crippen molar-refractivity contribution in [2.24, 2.45) is 0 Å². The van der Waals surface area contributed by atoms with E-state index in [1.54, 1.807) is 12.1 Å². The number of carbonyl (C=O) groups excluding carboxylic acids is 1. The van der Waals surface area contributed by atoms with Crippen LogP contribution in [0, 0.1) is 0 Å². The van der Waals surface area contributed by atoms with Gasteiger partial charge >= 0.3 is 0 Å². The van der Waals surface area contributed by atoms with Crippen LogP contribution in [0.2, 0.25) is 0 Å². The Morgan fingerprint density at radius 1 is 1.53 bits per heavy atom. The molecule has 1 rings (SSSR count). The zero-order valence-electron chi connectivity index (χ0n) is 8.00. The van der Waals surface area contributed by atoms with Crippen LogP contribution < -0.4 is 9.84 Å². The van der Waals surface area contributed by atoms with Crippen LogP contribution in [0.5, 0.6) is 5.75 Å². The minimum atomic E-state index is -1.27. The average molecular weight is 248 g/mol. The van der Waals surface area contributed by atoms with Gasteiger partial charge in [-0.1, -0.05) is 6.07 Å². The van der Waals surface area contributed by atoms with Crippen molar-refractivity contribution in [1.82, 2.24) is 0 Å². The maximum atomic E-state index is 10.8. The summed E-state index contributed by atoms with van der Waals surface area (Å²) in [5, 5.41) is 10.8. The van der Waals surface area contributed by atoms with E-state index < -0.39 is 10.8 Å². The monoisotopic (exact) mass is 247 g/mol. The van der Waals surface area contributed by atoms with Crippen molar-refractivity contribution in [2.45, 2.75) is 11.3 Å². The third-order valence-corrected chi connectivity index (χ3v) is 2.22. The Hall–Kier alpha value is -0.930. The predicted octanol–water partition coefficient (Wildman–Crippen LogP) is 1.40. The Balaban J connectivity index is 3.09. The molecule has 0 amide bonds. The number of carboxylic acids is 1. The van der Waals surface area contributed by atoms with Gasteiger partial charge in [0, 0.05) is 12.0 Å². The van der Waals surface area contributed by atoms with Crippen LogP contribution in [-0.2, 0) is 6.42 Å². The highest BCUT2D eigenvalue weighted by Crippen LogP contribution is 2.20. The van der Waals surface area contributed by atoms with E-state index in [1.165, 1.54) is 13.2 Å². The Morgan fingerprint density at radius 3 is 2.67 bits per heavy atom. The highest BCUT2D eigenvalue weighted by Gasteiger charge is 2.09. The molecule has 5 heteroatoms. The summed E-state index contributed by atoms with van der Waals surface area (Å²) < 4.78 is 4.91. The van der Waals surface area contributed by atoms with Crippen LogP contribution in [-0.4, -0.2) is 17.9 Å². The Bertz CT molecular complexity index is 364. The van der Waals surface area contributed by atoms with Crippen LogP contribution in [0.1, 0.15) is 15.9 Å². The number of benzene rings is 1. The van der Waals surface area contributed by atoms with Gasteiger partial charge in [0.15, 0.2) is 0 Å². The fourth-order valence-electron chi connectivity index (χ4n) is 1.22. The summed E-state index contributed by atoms with van der Waals surface area (Å²) in [6, 6.07) is 4.65. The summed E-state index contributed by atoms with van der Waals surface area (Å²) in [5.41, 5.74) is 0.589. The lowest BCUT2D eigenvalue weighted by atomic mass is 10.1. The van der Waals surface area contributed by atoms with Crippen LogP contribution in [0.25, 0.3) is 0 Å². The Labute approximate surface area is 97.6 Å². The van der Waals surface area contributed by atoms with Crippen molar-refractivity contribution in [3.05, 3.63) is 29.3 Å². The zero-order chi connectivity index (χ0) is 11.4. The van der Waals surface area contributed by atoms with Crippen molar-refractivity contribution in [3.63, 3.8) is 0 Å². The van der Waals surface area contributed by atoms with E-state index >= 15 is 0 Å². The fourth-order valence-corrected chi connectivity index (χ4v) is 1.55. The van der Waals surface area contributed by atoms with Crippen LogP contribution in [0.15, 0.2) is 18.2 Å². The van der Waals surface area contributed by atoms with Crippen LogP contribution >= 0.6 is 23.2 Å². The summed E-state index contributed by atoms with van der Waals surface area (Å²) in [5.74, 6) is -0.809. The molecule has 0 saturated carbocycles. The first kappa shape index (κ1) is 12.1. The second-order valence-corrected chi connectivity index (χ2v) is 4.18. The van der Waals surface area contributed by atoms with Crippen molar-refractivity contribution in [3.8, 4) is 5.75 Å². The Kier molecular flexibility index (Phi) is 4.24. The maximum Gasteiger partial charge on any atom is 0.119 e. The molecule has 82 valence electrons. The molecule has 0 saturated heterocycles. The number of aromatic carboxylic acids is 1. The third kappa shape index (κ3) is 3.29. The molecule has 0 aromatic heterocycles. The van der Waals surface area contributed by atoms with Gasteiger partial charge in [-0.25, -0.2) is 0 Å². The standard InChI is InChI=1S/C10H10Cl2O3/c1-15-7-3-2-6(4-9(11)12)8(5-7)10(13)14/h2-3,5,9H,4H2,1H3,(H,13,14)/p-1. The maximum absolute atomic E-state index is 10.8. The summed E-state index contributed by atoms with van der Waals surface area (Å²) in [6.07, 6.45) is 0.260. The topological polar surface area (TPSA) is 49.4 Å². The molecule has 15 heavy (non-hydrogen) atoms. The summed E-state index contributed by atoms with van der Waals surface area (Å²) >= 11 is 11.2. The fraction of sp³-hybridized carbons (Fsp3) is 0.300. The van der Waals surface area contributed by atoms with Crippen molar-refractivity contribution < 1.29 is 14.6 Å². The van der Waals surface area contributed by atoms with Gasteiger partial charge in [-0.15, -0.1) is 23.2 Å². The zero-order valence-corrected chi connectivity index (χ0v) is 9.51. The molecular weight excluding hydrogens is 239 g/mol. The molecule has 0 radical (unpaired) electrons. The first-order valence-electron chi connectivity index (χ1n) is 4.21. The van der Waals surface area contributed by atoms with Gasteiger partial charge in [0.25, 0.3) is 0 Å². The number of methoxy groups -OCH3 is 1. The molecule has 0 aliphatic carbocycles. The second-order valence-electron chi connectivity index (χ2n) is 2.91. The number of carbonyl (C=O) groups is 1. The van der Waals surface area contributed by atoms with E-state index in [-0.39, 0.29) is 12.0 Å². The van der Waals surface area contributed by atoms with Crippen molar-refractivity contribution in [1.29, 1.82) is 0 Å². The molecule has 0 atom stereocenters. The lowest BCUT2D eigenvalue weighted by Crippen LogP contribution is -2.24. The summed E-state index contributed by atoms with van der Waals surface area (Å²) in [6.45, 7) is 0. The van der Waals surface area contributed by atoms with Crippen LogP contribution in [0.4, 0.5) is 0 Å². The molecule has 0 aliphatic heterocycles. The van der Waals surface area contributed by atoms with E-state index in [0.29, 0.717) is 11.3 Å². The largest absolute Gasteiger partial charge is 0.545 e. The van der Waals surface area contributed by atoms with Crippen molar-refractivity contribution >= 4 is 29.2 Å². The number of hydrogen-bond acceptors (Lipinski definition) is 3. The molecule has 0 unspecified atom stereocenters. The molecule has 0 N–H and O–H groups in total. The average Bonchev–Trinajstić information content (AvgIpc) is 2.17. The molecule has 1 aromatic carbocycles. The first-order chi connectivity index (χ1) is 7.04. The highest BCUT2D eigenvalue weighted by molar-refractivity contribution is 6.44. The number of halogens is 2. The highest BCUT2D eigenvalue weighted by atomic mass is 35.5. The quantitative estimate of drug-likeness (QED) is 0.757. The van der Waals surface area contributed by atoms with Crippen molar-refractivity contribution in [2.75, 3.05) is 7.11 Å². The molecule has 0 spiro atoms. The van der Waals surface area contributed by atoms with E-state index in [9.17, 15) is 9.90 Å². The smallest absolute Gasteiger partial charge is 0.119 e. The number of alkyl halides is 2. The minimum Gasteiger partial charge on any atom is -0.545 e. The van der Waals surface area contributed by atoms with E-state index in [4.69, 9.17) is 27.9 Å². The normalized spacial score (nSPS) is 10.4. The van der Waals surface area contributed by atoms with Gasteiger partial charge in [-0.3, -0.25) is 0 Å². The van der Waals surface area contributed by atoms with Gasteiger partial charge in [-0.05, 0) is 17.7 Å². The second kappa shape index (κ2) is 5.24. The predicted molar refractivity (Wildman–Crippen MR) is 56.5 cm³/mol. The van der Waals surface area contributed by atoms with E-state index in [1.807, 2.05) is 0 Å². The van der Waals surface area contributed by atoms with Gasteiger partial charge in [0.1, 0.15) is 10.6 Å². The van der Waals surface area contributed by atoms with Gasteiger partial charge in [0.05, 0.1) is 13.1 Å². The molecule has 3 nitrogen and oxygen atoms in total. The van der Waals surface area contributed by atoms with Gasteiger partial charge in [-0.2, -0.15) is 0 Å². The molecule has 1 aromatic rings. The number of ether oxygens (including phenoxy) is 1. The summed E-state index contributed by atoms with van der Waals surface area (Å²) in [7, 11) is 1.46. The number of carboxylic acid groups (broad SMARTS) is 1. The van der Waals surface area contributed by atoms with Gasteiger partial charge in [0.2, 0.25) is 0 Å². The molecular formula is C10H9Cl2O3-. The lowest BCUT2D eigenvalue weighted by Gasteiger charge is -2.12. The first-order valence-corrected chi connectivity index (χ1v) is 5.08. The SMILES string of the molecule is COc1ccc(CC(Cl)Cl)c(C(=O)[O-])c1. The molecule has 0 bridgehead atoms. The lowest BCUT2D eigenvalue weighted by molar-refractivity contribution is -0.255. The number of rotatable bonds is 4. The molecule has 0 heterocycles. The third-order valence-electron chi connectivity index (χ3n) is 1.91. The molecule has 0 fully saturated rings.